The van der Waals surface area contributed by atoms with Gasteiger partial charge in [-0.25, -0.2) is 0 Å². The van der Waals surface area contributed by atoms with Crippen LogP contribution in [0.5, 0.6) is 0 Å². The van der Waals surface area contributed by atoms with Crippen molar-refractivity contribution in [1.29, 1.82) is 0 Å². The van der Waals surface area contributed by atoms with Gasteiger partial charge in [0.1, 0.15) is 0 Å². The minimum absolute atomic E-state index is 0.826. The zero-order valence-electron chi connectivity index (χ0n) is 6.35. The zero-order valence-corrected chi connectivity index (χ0v) is 7.24. The predicted molar refractivity (Wildman–Crippen MR) is 31.0 cm³/mol. The van der Waals surface area contributed by atoms with Gasteiger partial charge < -0.3 is 0 Å². The van der Waals surface area contributed by atoms with Crippen molar-refractivity contribution in [2.24, 2.45) is 0 Å². The highest BCUT2D eigenvalue weighted by atomic mass is 31.2. The van der Waals surface area contributed by atoms with Gasteiger partial charge in [-0.05, 0) is 0 Å². The molecule has 0 amide bonds. The van der Waals surface area contributed by atoms with E-state index in [-0.39, 0.29) is 0 Å². The van der Waals surface area contributed by atoms with Gasteiger partial charge in [0.2, 0.25) is 0 Å². The quantitative estimate of drug-likeness (QED) is 0.448. The van der Waals surface area contributed by atoms with Crippen LogP contribution in [0.2, 0.25) is 0 Å². The third-order valence-corrected chi connectivity index (χ3v) is 4.56. The largest absolute Gasteiger partial charge is 0.528 e. The highest BCUT2D eigenvalue weighted by molar-refractivity contribution is 7.77. The molecule has 0 heterocycles. The van der Waals surface area contributed by atoms with Crippen molar-refractivity contribution < 1.29 is 39.5 Å². The maximum absolute atomic E-state index is 11.7. The highest BCUT2D eigenvalue weighted by Gasteiger charge is 2.90. The fourth-order valence-electron chi connectivity index (χ4n) is 0.431. The SMILES string of the molecule is C[P+](C(F)(F)F)(C(F)(F)F)C(F)(F)F. The van der Waals surface area contributed by atoms with Crippen molar-refractivity contribution in [3.05, 3.63) is 0 Å². The second kappa shape index (κ2) is 3.15. The molecule has 0 aliphatic heterocycles. The van der Waals surface area contributed by atoms with E-state index in [1.54, 1.807) is 0 Å². The van der Waals surface area contributed by atoms with E-state index in [1.807, 2.05) is 0 Å². The summed E-state index contributed by atoms with van der Waals surface area (Å²) in [6.07, 6.45) is 0. The molecule has 0 unspecified atom stereocenters. The predicted octanol–water partition coefficient (Wildman–Crippen LogP) is 4.19. The first-order chi connectivity index (χ1) is 5.75. The molecule has 0 radical (unpaired) electrons. The van der Waals surface area contributed by atoms with Gasteiger partial charge in [0, 0.05) is 0 Å². The number of halogens is 9. The van der Waals surface area contributed by atoms with Crippen LogP contribution >= 0.6 is 7.26 Å². The van der Waals surface area contributed by atoms with Gasteiger partial charge >= 0.3 is 25.0 Å². The van der Waals surface area contributed by atoms with E-state index in [0.717, 1.165) is 0 Å². The number of hydrogen-bond donors (Lipinski definition) is 0. The molecule has 0 aromatic carbocycles. The van der Waals surface area contributed by atoms with E-state index in [1.165, 1.54) is 0 Å². The third kappa shape index (κ3) is 1.92. The number of rotatable bonds is 0. The average molecular weight is 253 g/mol. The lowest BCUT2D eigenvalue weighted by molar-refractivity contribution is -0.130. The normalized spacial score (nSPS) is 15.9. The Morgan fingerprint density at radius 2 is 0.714 bits per heavy atom. The summed E-state index contributed by atoms with van der Waals surface area (Å²) >= 11 is 0. The molecule has 0 saturated heterocycles. The van der Waals surface area contributed by atoms with Crippen LogP contribution < -0.4 is 0 Å². The van der Waals surface area contributed by atoms with Crippen LogP contribution in [0, 0.1) is 0 Å². The Labute approximate surface area is 72.4 Å². The lowest BCUT2D eigenvalue weighted by atomic mass is 11.4. The van der Waals surface area contributed by atoms with Crippen molar-refractivity contribution in [3.63, 3.8) is 0 Å². The van der Waals surface area contributed by atoms with Crippen LogP contribution in [0.15, 0.2) is 0 Å². The molecule has 0 aliphatic rings. The molecule has 0 spiro atoms. The van der Waals surface area contributed by atoms with Crippen molar-refractivity contribution >= 4 is 7.26 Å². The lowest BCUT2D eigenvalue weighted by Crippen LogP contribution is -2.36. The van der Waals surface area contributed by atoms with Crippen molar-refractivity contribution in [2.45, 2.75) is 17.8 Å². The Morgan fingerprint density at radius 1 is 0.571 bits per heavy atom. The molecule has 86 valence electrons. The molecule has 0 nitrogen and oxygen atoms in total. The second-order valence-corrected chi connectivity index (χ2v) is 5.94. The molecule has 0 N–H and O–H groups in total. The summed E-state index contributed by atoms with van der Waals surface area (Å²) in [4.78, 5) is 0. The average Bonchev–Trinajstić information content (AvgIpc) is 1.77. The Morgan fingerprint density at radius 3 is 0.714 bits per heavy atom. The molecular weight excluding hydrogens is 250 g/mol. The van der Waals surface area contributed by atoms with E-state index >= 15 is 0 Å². The van der Waals surface area contributed by atoms with Gasteiger partial charge in [-0.15, -0.1) is 39.5 Å². The summed E-state index contributed by atoms with van der Waals surface area (Å²) in [5, 5.41) is 0. The van der Waals surface area contributed by atoms with Gasteiger partial charge in [-0.3, -0.25) is 0 Å². The molecule has 10 heteroatoms. The first-order valence-corrected chi connectivity index (χ1v) is 5.05. The maximum atomic E-state index is 11.7. The van der Waals surface area contributed by atoms with Crippen LogP contribution in [-0.2, 0) is 0 Å². The van der Waals surface area contributed by atoms with Crippen LogP contribution in [0.25, 0.3) is 0 Å². The van der Waals surface area contributed by atoms with Crippen LogP contribution in [0.1, 0.15) is 0 Å². The molecule has 0 fully saturated rings. The molecule has 0 aromatic heterocycles. The van der Waals surface area contributed by atoms with Gasteiger partial charge in [0.25, 0.3) is 0 Å². The van der Waals surface area contributed by atoms with Gasteiger partial charge in [0.15, 0.2) is 0 Å². The van der Waals surface area contributed by atoms with Crippen LogP contribution in [-0.4, -0.2) is 24.4 Å². The first kappa shape index (κ1) is 13.8. The van der Waals surface area contributed by atoms with E-state index in [9.17, 15) is 39.5 Å². The Hall–Kier alpha value is -0.200. The molecule has 0 rings (SSSR count). The van der Waals surface area contributed by atoms with Crippen LogP contribution in [0.3, 0.4) is 0 Å². The standard InChI is InChI=1S/C4H3F9P/c1-14(2(5,6)7,3(8,9)10)4(11,12)13/h1H3/q+1. The Kier molecular flexibility index (Phi) is 3.10. The van der Waals surface area contributed by atoms with Crippen LogP contribution in [0.4, 0.5) is 39.5 Å². The third-order valence-electron chi connectivity index (χ3n) is 1.52. The number of alkyl halides is 9. The summed E-state index contributed by atoms with van der Waals surface area (Å²) in [6.45, 7) is -0.826. The summed E-state index contributed by atoms with van der Waals surface area (Å²) in [5.41, 5.74) is 0. The Bertz CT molecular complexity index is 170. The Balaban J connectivity index is 5.54. The summed E-state index contributed by atoms with van der Waals surface area (Å²) < 4.78 is 105. The number of hydrogen-bond acceptors (Lipinski definition) is 0. The molecule has 0 aliphatic carbocycles. The minimum Gasteiger partial charge on any atom is -0.134 e. The molecular formula is C4H3F9P+. The smallest absolute Gasteiger partial charge is 0.134 e. The molecule has 14 heavy (non-hydrogen) atoms. The molecule has 0 aromatic rings. The summed E-state index contributed by atoms with van der Waals surface area (Å²) in [7, 11) is -7.02. The topological polar surface area (TPSA) is 0 Å². The summed E-state index contributed by atoms with van der Waals surface area (Å²) in [6, 6.07) is 0. The van der Waals surface area contributed by atoms with Gasteiger partial charge in [-0.2, -0.15) is 0 Å². The van der Waals surface area contributed by atoms with Crippen molar-refractivity contribution in [1.82, 2.24) is 0 Å². The minimum atomic E-state index is -7.02. The molecule has 0 saturated carbocycles. The maximum Gasteiger partial charge on any atom is 0.528 e. The monoisotopic (exact) mass is 253 g/mol. The van der Waals surface area contributed by atoms with Gasteiger partial charge in [-0.1, -0.05) is 0 Å². The van der Waals surface area contributed by atoms with E-state index < -0.39 is 31.7 Å². The van der Waals surface area contributed by atoms with Gasteiger partial charge in [0.05, 0.1) is 6.66 Å². The zero-order chi connectivity index (χ0) is 12.0. The fourth-order valence-corrected chi connectivity index (χ4v) is 1.29. The molecule has 0 bridgehead atoms. The first-order valence-electron chi connectivity index (χ1n) is 2.82. The molecule has 0 atom stereocenters. The van der Waals surface area contributed by atoms with Crippen molar-refractivity contribution in [2.75, 3.05) is 6.66 Å². The van der Waals surface area contributed by atoms with Crippen molar-refractivity contribution in [3.8, 4) is 0 Å². The second-order valence-electron chi connectivity index (χ2n) is 2.41. The van der Waals surface area contributed by atoms with E-state index in [0.29, 0.717) is 0 Å². The fraction of sp³-hybridized carbons (Fsp3) is 1.00. The highest BCUT2D eigenvalue weighted by Crippen LogP contribution is 2.85. The van der Waals surface area contributed by atoms with E-state index in [2.05, 4.69) is 0 Å². The summed E-state index contributed by atoms with van der Waals surface area (Å²) in [5.74, 6) is -18.9. The lowest BCUT2D eigenvalue weighted by Gasteiger charge is -2.26. The van der Waals surface area contributed by atoms with E-state index in [4.69, 9.17) is 0 Å².